The molecule has 3 rings (SSSR count). The van der Waals surface area contributed by atoms with Crippen molar-refractivity contribution in [1.82, 2.24) is 4.90 Å². The molecule has 116 valence electrons. The Morgan fingerprint density at radius 2 is 1.86 bits per heavy atom. The highest BCUT2D eigenvalue weighted by atomic mass is 35.5. The second-order valence-corrected chi connectivity index (χ2v) is 6.32. The molecule has 0 spiro atoms. The highest BCUT2D eigenvalue weighted by Crippen LogP contribution is 2.37. The summed E-state index contributed by atoms with van der Waals surface area (Å²) in [5.41, 5.74) is 8.03. The van der Waals surface area contributed by atoms with Crippen molar-refractivity contribution in [2.24, 2.45) is 17.6 Å². The van der Waals surface area contributed by atoms with Crippen molar-refractivity contribution >= 4 is 24.0 Å². The van der Waals surface area contributed by atoms with E-state index in [1.807, 2.05) is 48.2 Å². The number of carbonyl (C=O) groups excluding carboxylic acids is 1. The van der Waals surface area contributed by atoms with Gasteiger partial charge in [0, 0.05) is 44.5 Å². The average molecular weight is 310 g/mol. The number of carbonyl (C=O) groups is 1. The summed E-state index contributed by atoms with van der Waals surface area (Å²) in [6.45, 7) is 1.72. The van der Waals surface area contributed by atoms with Gasteiger partial charge in [0.05, 0.1) is 0 Å². The number of nitrogens with two attached hydrogens (primary N) is 1. The van der Waals surface area contributed by atoms with Crippen LogP contribution < -0.4 is 10.6 Å². The number of nitrogens with zero attached hydrogens (tertiary/aromatic N) is 2. The first-order valence-corrected chi connectivity index (χ1v) is 7.38. The Hall–Kier alpha value is -1.26. The predicted molar refractivity (Wildman–Crippen MR) is 88.1 cm³/mol. The molecule has 2 aliphatic rings. The Morgan fingerprint density at radius 1 is 1.19 bits per heavy atom. The Bertz CT molecular complexity index is 503. The number of halogens is 1. The third-order valence-corrected chi connectivity index (χ3v) is 4.83. The summed E-state index contributed by atoms with van der Waals surface area (Å²) in [6, 6.07) is 8.12. The molecule has 1 heterocycles. The number of anilines is 1. The van der Waals surface area contributed by atoms with Gasteiger partial charge in [0.2, 0.25) is 0 Å². The predicted octanol–water partition coefficient (Wildman–Crippen LogP) is 1.98. The molecule has 3 unspecified atom stereocenters. The van der Waals surface area contributed by atoms with Gasteiger partial charge in [-0.05, 0) is 48.9 Å². The maximum Gasteiger partial charge on any atom is 0.253 e. The van der Waals surface area contributed by atoms with E-state index in [0.717, 1.165) is 30.8 Å². The lowest BCUT2D eigenvalue weighted by molar-refractivity contribution is 0.0779. The molecule has 0 radical (unpaired) electrons. The normalized spacial score (nSPS) is 27.2. The minimum atomic E-state index is 0. The molecule has 1 aromatic rings. The zero-order valence-corrected chi connectivity index (χ0v) is 13.5. The average Bonchev–Trinajstić information content (AvgIpc) is 3.01. The van der Waals surface area contributed by atoms with Gasteiger partial charge in [-0.15, -0.1) is 12.4 Å². The molecule has 1 aliphatic carbocycles. The van der Waals surface area contributed by atoms with Crippen molar-refractivity contribution in [1.29, 1.82) is 0 Å². The molecule has 2 fully saturated rings. The van der Waals surface area contributed by atoms with Gasteiger partial charge >= 0.3 is 0 Å². The maximum absolute atomic E-state index is 12.5. The van der Waals surface area contributed by atoms with Crippen LogP contribution in [0.25, 0.3) is 0 Å². The van der Waals surface area contributed by atoms with E-state index >= 15 is 0 Å². The summed E-state index contributed by atoms with van der Waals surface area (Å²) in [4.78, 5) is 16.6. The van der Waals surface area contributed by atoms with E-state index in [4.69, 9.17) is 5.73 Å². The van der Waals surface area contributed by atoms with Gasteiger partial charge in [0.25, 0.3) is 5.91 Å². The van der Waals surface area contributed by atoms with Crippen molar-refractivity contribution in [3.05, 3.63) is 29.8 Å². The van der Waals surface area contributed by atoms with Crippen molar-refractivity contribution in [3.63, 3.8) is 0 Å². The summed E-state index contributed by atoms with van der Waals surface area (Å²) >= 11 is 0. The number of rotatable bonds is 2. The summed E-state index contributed by atoms with van der Waals surface area (Å²) in [5.74, 6) is 1.28. The number of hydrogen-bond donors (Lipinski definition) is 1. The molecule has 3 atom stereocenters. The van der Waals surface area contributed by atoms with Crippen LogP contribution in [0.4, 0.5) is 5.69 Å². The Labute approximate surface area is 132 Å². The quantitative estimate of drug-likeness (QED) is 0.909. The van der Waals surface area contributed by atoms with E-state index in [1.165, 1.54) is 6.42 Å². The van der Waals surface area contributed by atoms with Crippen LogP contribution in [0.15, 0.2) is 24.3 Å². The van der Waals surface area contributed by atoms with Gasteiger partial charge in [-0.25, -0.2) is 0 Å². The molecule has 0 bridgehead atoms. The first-order chi connectivity index (χ1) is 9.56. The Kier molecular flexibility index (Phi) is 4.79. The SMILES string of the molecule is CN(C)c1ccc(C(=O)N2CC3CCC(N)C3C2)cc1.Cl. The Morgan fingerprint density at radius 3 is 2.43 bits per heavy atom. The molecule has 21 heavy (non-hydrogen) atoms. The summed E-state index contributed by atoms with van der Waals surface area (Å²) in [7, 11) is 4.00. The third-order valence-electron chi connectivity index (χ3n) is 4.83. The molecule has 4 nitrogen and oxygen atoms in total. The van der Waals surface area contributed by atoms with E-state index < -0.39 is 0 Å². The summed E-state index contributed by atoms with van der Waals surface area (Å²) < 4.78 is 0. The van der Waals surface area contributed by atoms with Crippen LogP contribution in [-0.4, -0.2) is 44.0 Å². The topological polar surface area (TPSA) is 49.6 Å². The van der Waals surface area contributed by atoms with E-state index in [1.54, 1.807) is 0 Å². The zero-order chi connectivity index (χ0) is 14.3. The zero-order valence-electron chi connectivity index (χ0n) is 12.7. The highest BCUT2D eigenvalue weighted by Gasteiger charge is 2.42. The van der Waals surface area contributed by atoms with Gasteiger partial charge in [0.15, 0.2) is 0 Å². The monoisotopic (exact) mass is 309 g/mol. The first-order valence-electron chi connectivity index (χ1n) is 7.38. The number of benzene rings is 1. The van der Waals surface area contributed by atoms with Crippen LogP contribution in [0, 0.1) is 11.8 Å². The van der Waals surface area contributed by atoms with Gasteiger partial charge in [-0.1, -0.05) is 0 Å². The molecule has 1 aromatic carbocycles. The number of fused-ring (bicyclic) bond motifs is 1. The van der Waals surface area contributed by atoms with Crippen molar-refractivity contribution in [2.75, 3.05) is 32.1 Å². The molecular formula is C16H24ClN3O. The van der Waals surface area contributed by atoms with Gasteiger partial charge in [-0.2, -0.15) is 0 Å². The second-order valence-electron chi connectivity index (χ2n) is 6.32. The molecule has 5 heteroatoms. The van der Waals surface area contributed by atoms with Gasteiger partial charge < -0.3 is 15.5 Å². The van der Waals surface area contributed by atoms with Crippen molar-refractivity contribution < 1.29 is 4.79 Å². The molecule has 0 aromatic heterocycles. The van der Waals surface area contributed by atoms with Gasteiger partial charge in [-0.3, -0.25) is 4.79 Å². The van der Waals surface area contributed by atoms with Crippen LogP contribution in [0.5, 0.6) is 0 Å². The number of hydrogen-bond acceptors (Lipinski definition) is 3. The van der Waals surface area contributed by atoms with E-state index in [-0.39, 0.29) is 24.4 Å². The summed E-state index contributed by atoms with van der Waals surface area (Å²) in [6.07, 6.45) is 2.30. The van der Waals surface area contributed by atoms with Crippen LogP contribution in [0.2, 0.25) is 0 Å². The third kappa shape index (κ3) is 3.01. The van der Waals surface area contributed by atoms with Crippen LogP contribution in [0.1, 0.15) is 23.2 Å². The molecule has 1 saturated carbocycles. The minimum Gasteiger partial charge on any atom is -0.378 e. The lowest BCUT2D eigenvalue weighted by Gasteiger charge is -2.19. The van der Waals surface area contributed by atoms with Crippen molar-refractivity contribution in [2.45, 2.75) is 18.9 Å². The van der Waals surface area contributed by atoms with Crippen LogP contribution >= 0.6 is 12.4 Å². The number of amides is 1. The van der Waals surface area contributed by atoms with E-state index in [9.17, 15) is 4.79 Å². The fraction of sp³-hybridized carbons (Fsp3) is 0.562. The lowest BCUT2D eigenvalue weighted by atomic mass is 9.98. The van der Waals surface area contributed by atoms with E-state index in [0.29, 0.717) is 11.8 Å². The standard InChI is InChI=1S/C16H23N3O.ClH/c1-18(2)13-6-3-11(4-7-13)16(20)19-9-12-5-8-15(17)14(12)10-19;/h3-4,6-7,12,14-15H,5,8-10,17H2,1-2H3;1H. The fourth-order valence-corrected chi connectivity index (χ4v) is 3.56. The minimum absolute atomic E-state index is 0. The molecule has 2 N–H and O–H groups in total. The second kappa shape index (κ2) is 6.24. The molecular weight excluding hydrogens is 286 g/mol. The van der Waals surface area contributed by atoms with Gasteiger partial charge in [0.1, 0.15) is 0 Å². The first kappa shape index (κ1) is 16.1. The molecule has 1 saturated heterocycles. The largest absolute Gasteiger partial charge is 0.378 e. The van der Waals surface area contributed by atoms with E-state index in [2.05, 4.69) is 0 Å². The van der Waals surface area contributed by atoms with Crippen LogP contribution in [0.3, 0.4) is 0 Å². The molecule has 1 aliphatic heterocycles. The summed E-state index contributed by atoms with van der Waals surface area (Å²) in [5, 5.41) is 0. The maximum atomic E-state index is 12.5. The van der Waals surface area contributed by atoms with Crippen molar-refractivity contribution in [3.8, 4) is 0 Å². The fourth-order valence-electron chi connectivity index (χ4n) is 3.56. The highest BCUT2D eigenvalue weighted by molar-refractivity contribution is 5.94. The lowest BCUT2D eigenvalue weighted by Crippen LogP contribution is -2.33. The molecule has 1 amide bonds. The van der Waals surface area contributed by atoms with Crippen LogP contribution in [-0.2, 0) is 0 Å². The smallest absolute Gasteiger partial charge is 0.253 e. The Balaban J connectivity index is 0.00000161. The number of likely N-dealkylation sites (tertiary alicyclic amines) is 1.